The van der Waals surface area contributed by atoms with E-state index in [2.05, 4.69) is 10.5 Å². The molecular formula is C22H20N4O5. The second-order valence-electron chi connectivity index (χ2n) is 7.02. The molecule has 0 spiro atoms. The Labute approximate surface area is 177 Å². The lowest BCUT2D eigenvalue weighted by atomic mass is 10.1. The molecule has 0 radical (unpaired) electrons. The third-order valence-corrected chi connectivity index (χ3v) is 5.05. The fraction of sp³-hybridized carbons (Fsp3) is 0.182. The van der Waals surface area contributed by atoms with E-state index in [0.717, 1.165) is 16.5 Å². The summed E-state index contributed by atoms with van der Waals surface area (Å²) in [7, 11) is 0. The van der Waals surface area contributed by atoms with Crippen LogP contribution in [0.5, 0.6) is 5.75 Å². The van der Waals surface area contributed by atoms with Crippen molar-refractivity contribution in [2.75, 3.05) is 31.2 Å². The number of phenolic OH excluding ortho intramolecular Hbond substituents is 1. The van der Waals surface area contributed by atoms with Crippen LogP contribution in [0.25, 0.3) is 10.8 Å². The van der Waals surface area contributed by atoms with Gasteiger partial charge in [0.15, 0.2) is 0 Å². The average Bonchev–Trinajstić information content (AvgIpc) is 2.79. The smallest absolute Gasteiger partial charge is 0.275 e. The number of morpholine rings is 1. The Morgan fingerprint density at radius 1 is 1.13 bits per heavy atom. The molecular weight excluding hydrogens is 400 g/mol. The highest BCUT2D eigenvalue weighted by Crippen LogP contribution is 2.26. The van der Waals surface area contributed by atoms with Crippen LogP contribution in [0.1, 0.15) is 15.9 Å². The molecule has 1 saturated heterocycles. The molecule has 0 atom stereocenters. The molecule has 158 valence electrons. The van der Waals surface area contributed by atoms with Crippen LogP contribution in [-0.2, 0) is 4.74 Å². The largest absolute Gasteiger partial charge is 0.507 e. The summed E-state index contributed by atoms with van der Waals surface area (Å²) < 4.78 is 5.36. The van der Waals surface area contributed by atoms with Crippen molar-refractivity contribution in [3.05, 3.63) is 75.8 Å². The summed E-state index contributed by atoms with van der Waals surface area (Å²) in [4.78, 5) is 25.3. The number of benzene rings is 3. The number of phenols is 1. The Kier molecular flexibility index (Phi) is 5.76. The van der Waals surface area contributed by atoms with E-state index in [-0.39, 0.29) is 17.0 Å². The van der Waals surface area contributed by atoms with E-state index in [1.165, 1.54) is 24.4 Å². The molecule has 9 heteroatoms. The molecule has 0 saturated carbocycles. The van der Waals surface area contributed by atoms with Crippen molar-refractivity contribution in [1.29, 1.82) is 0 Å². The van der Waals surface area contributed by atoms with Gasteiger partial charge in [-0.2, -0.15) is 5.10 Å². The molecule has 2 N–H and O–H groups in total. The number of nitrogens with one attached hydrogen (secondary N) is 1. The van der Waals surface area contributed by atoms with E-state index in [1.54, 1.807) is 12.1 Å². The second-order valence-corrected chi connectivity index (χ2v) is 7.02. The molecule has 1 aliphatic rings. The predicted octanol–water partition coefficient (Wildman–Crippen LogP) is 3.05. The van der Waals surface area contributed by atoms with Crippen LogP contribution in [0.3, 0.4) is 0 Å². The van der Waals surface area contributed by atoms with E-state index in [1.807, 2.05) is 29.2 Å². The van der Waals surface area contributed by atoms with Gasteiger partial charge in [-0.1, -0.05) is 24.3 Å². The molecule has 0 bridgehead atoms. The molecule has 0 aromatic heterocycles. The Hall–Kier alpha value is -3.98. The lowest BCUT2D eigenvalue weighted by Crippen LogP contribution is -2.36. The maximum Gasteiger partial charge on any atom is 0.275 e. The van der Waals surface area contributed by atoms with Gasteiger partial charge in [0.2, 0.25) is 0 Å². The Morgan fingerprint density at radius 2 is 1.84 bits per heavy atom. The zero-order chi connectivity index (χ0) is 21.8. The number of hydrazone groups is 1. The number of aromatic hydroxyl groups is 1. The van der Waals surface area contributed by atoms with Crippen LogP contribution in [0.4, 0.5) is 11.4 Å². The van der Waals surface area contributed by atoms with Gasteiger partial charge < -0.3 is 14.7 Å². The number of nitrogens with zero attached hydrogens (tertiary/aromatic N) is 3. The number of nitro benzene ring substituents is 1. The van der Waals surface area contributed by atoms with Crippen molar-refractivity contribution < 1.29 is 19.6 Å². The van der Waals surface area contributed by atoms with Gasteiger partial charge in [0.05, 0.1) is 29.9 Å². The summed E-state index contributed by atoms with van der Waals surface area (Å²) in [6.07, 6.45) is 1.37. The highest BCUT2D eigenvalue weighted by Gasteiger charge is 2.17. The zero-order valence-corrected chi connectivity index (χ0v) is 16.5. The van der Waals surface area contributed by atoms with Gasteiger partial charge in [0.1, 0.15) is 5.75 Å². The maximum absolute atomic E-state index is 12.5. The molecule has 0 unspecified atom stereocenters. The number of rotatable bonds is 5. The highest BCUT2D eigenvalue weighted by atomic mass is 16.6. The number of non-ortho nitro benzene ring substituents is 1. The Bertz CT molecular complexity index is 1170. The number of hydrogen-bond acceptors (Lipinski definition) is 7. The predicted molar refractivity (Wildman–Crippen MR) is 117 cm³/mol. The third kappa shape index (κ3) is 4.46. The lowest BCUT2D eigenvalue weighted by Gasteiger charge is -2.29. The second kappa shape index (κ2) is 8.80. The van der Waals surface area contributed by atoms with Crippen LogP contribution in [0.2, 0.25) is 0 Å². The fourth-order valence-corrected chi connectivity index (χ4v) is 3.48. The molecule has 3 aromatic carbocycles. The minimum atomic E-state index is -0.585. The summed E-state index contributed by atoms with van der Waals surface area (Å²) in [5.74, 6) is -0.742. The van der Waals surface area contributed by atoms with Gasteiger partial charge >= 0.3 is 0 Å². The molecule has 1 heterocycles. The first kappa shape index (κ1) is 20.3. The van der Waals surface area contributed by atoms with Gasteiger partial charge in [-0.25, -0.2) is 5.43 Å². The number of amides is 1. The summed E-state index contributed by atoms with van der Waals surface area (Å²) in [5.41, 5.74) is 3.67. The number of ether oxygens (including phenoxy) is 1. The van der Waals surface area contributed by atoms with E-state index in [9.17, 15) is 20.0 Å². The van der Waals surface area contributed by atoms with Crippen LogP contribution in [0.15, 0.2) is 59.7 Å². The molecule has 9 nitrogen and oxygen atoms in total. The maximum atomic E-state index is 12.5. The average molecular weight is 420 g/mol. The Balaban J connectivity index is 1.57. The van der Waals surface area contributed by atoms with Gasteiger partial charge in [0.25, 0.3) is 11.6 Å². The van der Waals surface area contributed by atoms with E-state index >= 15 is 0 Å². The number of anilines is 1. The van der Waals surface area contributed by atoms with Crippen molar-refractivity contribution in [2.24, 2.45) is 5.10 Å². The third-order valence-electron chi connectivity index (χ3n) is 5.05. The zero-order valence-electron chi connectivity index (χ0n) is 16.5. The summed E-state index contributed by atoms with van der Waals surface area (Å²) in [5, 5.41) is 27.0. The van der Waals surface area contributed by atoms with Crippen molar-refractivity contribution in [3.8, 4) is 5.75 Å². The van der Waals surface area contributed by atoms with Gasteiger partial charge in [-0.3, -0.25) is 14.9 Å². The van der Waals surface area contributed by atoms with Crippen LogP contribution < -0.4 is 10.3 Å². The minimum absolute atomic E-state index is 0.0723. The number of nitro groups is 1. The standard InChI is InChI=1S/C22H20N4O5/c27-21-13-16-4-2-1-3-15(16)12-19(21)22(28)24-23-14-17-11-18(26(29)30)5-6-20(17)25-7-9-31-10-8-25/h1-6,11-14,27H,7-10H2,(H,24,28)/b23-14+. The molecule has 1 aliphatic heterocycles. The summed E-state index contributed by atoms with van der Waals surface area (Å²) in [6.45, 7) is 2.42. The van der Waals surface area contributed by atoms with Crippen LogP contribution in [-0.4, -0.2) is 48.5 Å². The SMILES string of the molecule is O=C(N/N=C/c1cc([N+](=O)[O-])ccc1N1CCOCC1)c1cc2ccccc2cc1O. The summed E-state index contributed by atoms with van der Waals surface area (Å²) in [6, 6.07) is 15.0. The quantitative estimate of drug-likeness (QED) is 0.372. The number of carbonyl (C=O) groups excluding carboxylic acids is 1. The molecule has 31 heavy (non-hydrogen) atoms. The summed E-state index contributed by atoms with van der Waals surface area (Å²) >= 11 is 0. The van der Waals surface area contributed by atoms with Crippen LogP contribution in [0, 0.1) is 10.1 Å². The number of hydrogen-bond donors (Lipinski definition) is 2. The number of carbonyl (C=O) groups is 1. The lowest BCUT2D eigenvalue weighted by molar-refractivity contribution is -0.384. The first-order valence-corrected chi connectivity index (χ1v) is 9.69. The Morgan fingerprint density at radius 3 is 2.55 bits per heavy atom. The molecule has 0 aliphatic carbocycles. The first-order chi connectivity index (χ1) is 15.0. The van der Waals surface area contributed by atoms with E-state index in [4.69, 9.17) is 4.74 Å². The molecule has 1 fully saturated rings. The van der Waals surface area contributed by atoms with Crippen molar-refractivity contribution in [2.45, 2.75) is 0 Å². The first-order valence-electron chi connectivity index (χ1n) is 9.69. The van der Waals surface area contributed by atoms with E-state index < -0.39 is 10.8 Å². The topological polar surface area (TPSA) is 117 Å². The number of fused-ring (bicyclic) bond motifs is 1. The highest BCUT2D eigenvalue weighted by molar-refractivity contribution is 6.02. The fourth-order valence-electron chi connectivity index (χ4n) is 3.48. The van der Waals surface area contributed by atoms with Crippen LogP contribution >= 0.6 is 0 Å². The normalized spacial score (nSPS) is 14.1. The molecule has 4 rings (SSSR count). The van der Waals surface area contributed by atoms with Gasteiger partial charge in [-0.15, -0.1) is 0 Å². The van der Waals surface area contributed by atoms with Gasteiger partial charge in [-0.05, 0) is 29.0 Å². The minimum Gasteiger partial charge on any atom is -0.507 e. The van der Waals surface area contributed by atoms with Crippen molar-refractivity contribution >= 4 is 34.3 Å². The van der Waals surface area contributed by atoms with Crippen molar-refractivity contribution in [1.82, 2.24) is 5.43 Å². The van der Waals surface area contributed by atoms with Crippen molar-refractivity contribution in [3.63, 3.8) is 0 Å². The monoisotopic (exact) mass is 420 g/mol. The molecule has 3 aromatic rings. The van der Waals surface area contributed by atoms with Gasteiger partial charge in [0, 0.05) is 36.5 Å². The van der Waals surface area contributed by atoms with E-state index in [0.29, 0.717) is 31.9 Å². The molecule has 1 amide bonds.